The number of thiophene rings is 1. The van der Waals surface area contributed by atoms with Crippen molar-refractivity contribution in [2.45, 2.75) is 6.54 Å². The van der Waals surface area contributed by atoms with Crippen LogP contribution in [0.3, 0.4) is 0 Å². The summed E-state index contributed by atoms with van der Waals surface area (Å²) < 4.78 is 18.9. The molecule has 1 amide bonds. The summed E-state index contributed by atoms with van der Waals surface area (Å²) in [6.07, 6.45) is 0. The maximum atomic E-state index is 13.6. The van der Waals surface area contributed by atoms with Crippen LogP contribution in [-0.2, 0) is 11.3 Å². The van der Waals surface area contributed by atoms with Gasteiger partial charge in [-0.3, -0.25) is 9.69 Å². The third-order valence-electron chi connectivity index (χ3n) is 4.60. The molecule has 146 valence electrons. The van der Waals surface area contributed by atoms with Crippen LogP contribution in [0.2, 0.25) is 0 Å². The molecule has 3 aromatic rings. The summed E-state index contributed by atoms with van der Waals surface area (Å²) in [6.45, 7) is 3.52. The van der Waals surface area contributed by atoms with Gasteiger partial charge in [-0.25, -0.2) is 9.37 Å². The molecule has 4 rings (SSSR count). The van der Waals surface area contributed by atoms with Gasteiger partial charge in [-0.15, -0.1) is 22.7 Å². The molecule has 0 bridgehead atoms. The minimum absolute atomic E-state index is 0.111. The Hall–Kier alpha value is -2.29. The molecule has 0 unspecified atom stereocenters. The Labute approximate surface area is 171 Å². The number of carbonyl (C=O) groups is 1. The first-order valence-electron chi connectivity index (χ1n) is 9.05. The van der Waals surface area contributed by atoms with Crippen molar-refractivity contribution in [1.82, 2.24) is 14.8 Å². The van der Waals surface area contributed by atoms with Gasteiger partial charge in [0.1, 0.15) is 5.01 Å². The Morgan fingerprint density at radius 1 is 1.11 bits per heavy atom. The fraction of sp³-hybridized carbons (Fsp3) is 0.300. The lowest BCUT2D eigenvalue weighted by molar-refractivity contribution is -0.135. The van der Waals surface area contributed by atoms with Crippen molar-refractivity contribution >= 4 is 28.6 Å². The molecule has 0 saturated carbocycles. The van der Waals surface area contributed by atoms with Crippen molar-refractivity contribution in [3.05, 3.63) is 58.0 Å². The predicted octanol–water partition coefficient (Wildman–Crippen LogP) is 3.73. The fourth-order valence-corrected chi connectivity index (χ4v) is 4.66. The van der Waals surface area contributed by atoms with Crippen LogP contribution in [0.4, 0.5) is 4.39 Å². The molecular formula is C20H20FN3O2S2. The lowest BCUT2D eigenvalue weighted by Gasteiger charge is -2.34. The highest BCUT2D eigenvalue weighted by molar-refractivity contribution is 7.14. The highest BCUT2D eigenvalue weighted by Gasteiger charge is 2.22. The molecule has 28 heavy (non-hydrogen) atoms. The number of halogens is 1. The van der Waals surface area contributed by atoms with E-state index in [0.29, 0.717) is 13.1 Å². The summed E-state index contributed by atoms with van der Waals surface area (Å²) in [5.74, 6) is -0.456. The molecule has 3 heterocycles. The molecule has 0 radical (unpaired) electrons. The number of thiazole rings is 1. The average molecular weight is 418 g/mol. The quantitative estimate of drug-likeness (QED) is 0.613. The number of para-hydroxylation sites is 1. The molecule has 0 atom stereocenters. The number of aromatic nitrogens is 1. The van der Waals surface area contributed by atoms with Crippen LogP contribution in [0, 0.1) is 5.82 Å². The Bertz CT molecular complexity index is 921. The van der Waals surface area contributed by atoms with Crippen molar-refractivity contribution in [3.8, 4) is 16.3 Å². The van der Waals surface area contributed by atoms with E-state index in [1.807, 2.05) is 6.07 Å². The maximum absolute atomic E-state index is 13.6. The van der Waals surface area contributed by atoms with Crippen molar-refractivity contribution < 1.29 is 13.9 Å². The summed E-state index contributed by atoms with van der Waals surface area (Å²) in [7, 11) is 0. The molecule has 8 heteroatoms. The molecule has 1 saturated heterocycles. The van der Waals surface area contributed by atoms with Crippen LogP contribution < -0.4 is 4.74 Å². The zero-order valence-electron chi connectivity index (χ0n) is 15.2. The van der Waals surface area contributed by atoms with Gasteiger partial charge >= 0.3 is 0 Å². The zero-order chi connectivity index (χ0) is 19.3. The number of hydrogen-bond donors (Lipinski definition) is 0. The fourth-order valence-electron chi connectivity index (χ4n) is 3.06. The number of ether oxygens (including phenoxy) is 1. The van der Waals surface area contributed by atoms with Crippen LogP contribution in [-0.4, -0.2) is 53.5 Å². The first-order valence-corrected chi connectivity index (χ1v) is 10.8. The second-order valence-corrected chi connectivity index (χ2v) is 8.37. The summed E-state index contributed by atoms with van der Waals surface area (Å²) >= 11 is 3.37. The lowest BCUT2D eigenvalue weighted by Crippen LogP contribution is -2.49. The van der Waals surface area contributed by atoms with Crippen LogP contribution in [0.15, 0.2) is 47.2 Å². The second-order valence-electron chi connectivity index (χ2n) is 6.48. The molecule has 1 aliphatic rings. The largest absolute Gasteiger partial charge is 0.481 e. The van der Waals surface area contributed by atoms with Gasteiger partial charge in [0.25, 0.3) is 5.91 Å². The number of piperazine rings is 1. The minimum Gasteiger partial charge on any atom is -0.481 e. The third kappa shape index (κ3) is 4.57. The highest BCUT2D eigenvalue weighted by Crippen LogP contribution is 2.26. The van der Waals surface area contributed by atoms with Gasteiger partial charge in [-0.2, -0.15) is 0 Å². The third-order valence-corrected chi connectivity index (χ3v) is 6.32. The van der Waals surface area contributed by atoms with Crippen LogP contribution in [0.5, 0.6) is 5.75 Å². The van der Waals surface area contributed by atoms with E-state index in [1.54, 1.807) is 39.7 Å². The SMILES string of the molecule is O=C(COc1ccccc1F)N1CCN(Cc2nc(-c3cccs3)cs2)CC1. The lowest BCUT2D eigenvalue weighted by atomic mass is 10.3. The summed E-state index contributed by atoms with van der Waals surface area (Å²) in [4.78, 5) is 22.3. The van der Waals surface area contributed by atoms with Gasteiger partial charge in [-0.1, -0.05) is 18.2 Å². The minimum atomic E-state index is -0.453. The molecule has 2 aromatic heterocycles. The Kier molecular flexibility index (Phi) is 5.99. The van der Waals surface area contributed by atoms with E-state index in [0.717, 1.165) is 30.3 Å². The Morgan fingerprint density at radius 3 is 2.68 bits per heavy atom. The van der Waals surface area contributed by atoms with Crippen LogP contribution in [0.25, 0.3) is 10.6 Å². The van der Waals surface area contributed by atoms with E-state index in [2.05, 4.69) is 21.7 Å². The number of carbonyl (C=O) groups excluding carboxylic acids is 1. The molecule has 0 spiro atoms. The average Bonchev–Trinajstić information content (AvgIpc) is 3.39. The topological polar surface area (TPSA) is 45.7 Å². The smallest absolute Gasteiger partial charge is 0.260 e. The molecule has 0 aliphatic carbocycles. The van der Waals surface area contributed by atoms with E-state index in [1.165, 1.54) is 17.0 Å². The molecule has 0 N–H and O–H groups in total. The number of benzene rings is 1. The van der Waals surface area contributed by atoms with Gasteiger partial charge in [0.2, 0.25) is 0 Å². The van der Waals surface area contributed by atoms with E-state index < -0.39 is 5.82 Å². The predicted molar refractivity (Wildman–Crippen MR) is 109 cm³/mol. The summed E-state index contributed by atoms with van der Waals surface area (Å²) in [5.41, 5.74) is 1.04. The highest BCUT2D eigenvalue weighted by atomic mass is 32.1. The first-order chi connectivity index (χ1) is 13.7. The van der Waals surface area contributed by atoms with Gasteiger partial charge in [0.05, 0.1) is 17.1 Å². The summed E-state index contributed by atoms with van der Waals surface area (Å²) in [6, 6.07) is 10.2. The van der Waals surface area contributed by atoms with Crippen molar-refractivity contribution in [3.63, 3.8) is 0 Å². The van der Waals surface area contributed by atoms with Gasteiger partial charge in [0.15, 0.2) is 18.2 Å². The second kappa shape index (κ2) is 8.81. The van der Waals surface area contributed by atoms with Gasteiger partial charge in [-0.05, 0) is 23.6 Å². The molecular weight excluding hydrogens is 397 g/mol. The number of amides is 1. The zero-order valence-corrected chi connectivity index (χ0v) is 16.8. The summed E-state index contributed by atoms with van der Waals surface area (Å²) in [5, 5.41) is 5.24. The maximum Gasteiger partial charge on any atom is 0.260 e. The number of nitrogens with zero attached hydrogens (tertiary/aromatic N) is 3. The van der Waals surface area contributed by atoms with Crippen LogP contribution in [0.1, 0.15) is 5.01 Å². The first kappa shape index (κ1) is 19.0. The molecule has 1 aromatic carbocycles. The molecule has 5 nitrogen and oxygen atoms in total. The van der Waals surface area contributed by atoms with Crippen LogP contribution >= 0.6 is 22.7 Å². The van der Waals surface area contributed by atoms with Crippen molar-refractivity contribution in [1.29, 1.82) is 0 Å². The standard InChI is InChI=1S/C20H20FN3O2S2/c21-15-4-1-2-5-17(15)26-13-20(25)24-9-7-23(8-10-24)12-19-22-16(14-28-19)18-6-3-11-27-18/h1-6,11,14H,7-10,12-13H2. The Balaban J connectivity index is 1.24. The Morgan fingerprint density at radius 2 is 1.93 bits per heavy atom. The van der Waals surface area contributed by atoms with E-state index >= 15 is 0 Å². The van der Waals surface area contributed by atoms with Crippen molar-refractivity contribution in [2.75, 3.05) is 32.8 Å². The van der Waals surface area contributed by atoms with Gasteiger partial charge < -0.3 is 9.64 Å². The van der Waals surface area contributed by atoms with Crippen molar-refractivity contribution in [2.24, 2.45) is 0 Å². The number of hydrogen-bond acceptors (Lipinski definition) is 6. The van der Waals surface area contributed by atoms with E-state index in [4.69, 9.17) is 9.72 Å². The van der Waals surface area contributed by atoms with Gasteiger partial charge in [0, 0.05) is 31.6 Å². The number of rotatable bonds is 6. The monoisotopic (exact) mass is 417 g/mol. The van der Waals surface area contributed by atoms with E-state index in [9.17, 15) is 9.18 Å². The molecule has 1 fully saturated rings. The molecule has 1 aliphatic heterocycles. The normalized spacial score (nSPS) is 15.0. The van der Waals surface area contributed by atoms with E-state index in [-0.39, 0.29) is 18.3 Å².